The van der Waals surface area contributed by atoms with E-state index in [4.69, 9.17) is 9.47 Å². The Hall–Kier alpha value is -2.89. The molecule has 1 aliphatic rings. The van der Waals surface area contributed by atoms with Gasteiger partial charge >= 0.3 is 0 Å². The Kier molecular flexibility index (Phi) is 59.5. The molecule has 0 bridgehead atoms. The molecule has 0 spiro atoms. The Bertz CT molecular complexity index is 1650. The van der Waals surface area contributed by atoms with Crippen molar-refractivity contribution < 1.29 is 39.8 Å². The summed E-state index contributed by atoms with van der Waals surface area (Å²) in [4.78, 5) is 13.1. The van der Waals surface area contributed by atoms with Gasteiger partial charge < -0.3 is 40.3 Å². The molecule has 0 aromatic carbocycles. The highest BCUT2D eigenvalue weighted by molar-refractivity contribution is 5.76. The summed E-state index contributed by atoms with van der Waals surface area (Å²) < 4.78 is 11.3. The van der Waals surface area contributed by atoms with Crippen LogP contribution in [0.2, 0.25) is 0 Å². The van der Waals surface area contributed by atoms with Crippen molar-refractivity contribution in [3.63, 3.8) is 0 Å². The topological polar surface area (TPSA) is 149 Å². The second-order valence-electron chi connectivity index (χ2n) is 24.3. The van der Waals surface area contributed by atoms with Crippen LogP contribution in [0.5, 0.6) is 0 Å². The van der Waals surface area contributed by atoms with Gasteiger partial charge in [-0.2, -0.15) is 0 Å². The first-order chi connectivity index (χ1) is 41.3. The maximum absolute atomic E-state index is 13.1. The number of aliphatic hydroxyl groups excluding tert-OH is 5. The SMILES string of the molecule is CC/C=C\C/C=C\C/C=C\C/C=C\C/C=C\CCCCCCCCCCCCCCCCCCCCCCCC(=O)NC(COC1OC(CO)C(O)C(O)C1O)C(O)/C=C/CC/C=C/CC/C=C/CCCCCCCCCCCCCCCC. The number of amides is 1. The molecule has 486 valence electrons. The lowest BCUT2D eigenvalue weighted by Crippen LogP contribution is -2.60. The molecule has 9 heteroatoms. The maximum Gasteiger partial charge on any atom is 0.220 e. The van der Waals surface area contributed by atoms with Gasteiger partial charge in [-0.1, -0.05) is 317 Å². The highest BCUT2D eigenvalue weighted by atomic mass is 16.7. The first-order valence-electron chi connectivity index (χ1n) is 35.5. The van der Waals surface area contributed by atoms with Crippen LogP contribution in [0.4, 0.5) is 0 Å². The van der Waals surface area contributed by atoms with Gasteiger partial charge in [-0.3, -0.25) is 4.79 Å². The van der Waals surface area contributed by atoms with E-state index in [1.807, 2.05) is 6.08 Å². The summed E-state index contributed by atoms with van der Waals surface area (Å²) in [5.74, 6) is -0.188. The van der Waals surface area contributed by atoms with Gasteiger partial charge in [0.15, 0.2) is 6.29 Å². The van der Waals surface area contributed by atoms with Crippen molar-refractivity contribution in [1.29, 1.82) is 0 Å². The van der Waals surface area contributed by atoms with E-state index in [9.17, 15) is 30.3 Å². The molecule has 1 fully saturated rings. The fourth-order valence-electron chi connectivity index (χ4n) is 10.9. The Morgan fingerprint density at radius 1 is 0.417 bits per heavy atom. The quantitative estimate of drug-likeness (QED) is 0.0261. The van der Waals surface area contributed by atoms with Gasteiger partial charge in [-0.05, 0) is 89.9 Å². The number of allylic oxidation sites excluding steroid dienone is 15. The van der Waals surface area contributed by atoms with E-state index in [1.54, 1.807) is 6.08 Å². The van der Waals surface area contributed by atoms with Crippen molar-refractivity contribution in [2.75, 3.05) is 13.2 Å². The standard InChI is InChI=1S/C75H133NO8/c1-3-5-7-9-11-13-15-17-19-21-23-25-27-29-30-31-32-33-34-35-36-37-38-39-40-41-43-45-47-49-51-53-55-57-59-61-63-65-71(79)76-68(67-83-75-74(82)73(81)72(80)70(66-77)84-75)69(78)64-62-60-58-56-54-52-50-48-46-44-42-28-26-24-22-20-18-16-14-12-10-8-6-4-2/h5,7,11,13,17,19,23,25,29-30,46,48,54,56,62,64,68-70,72-75,77-78,80-82H,3-4,6,8-10,12,14-16,18,20-22,24,26-28,31-45,47,49-53,55,57-61,63,65-67H2,1-2H3,(H,76,79)/b7-5-,13-11-,19-17-,25-23-,30-29-,48-46+,56-54+,64-62+. The monoisotopic (exact) mass is 1180 g/mol. The lowest BCUT2D eigenvalue weighted by Gasteiger charge is -2.40. The summed E-state index contributed by atoms with van der Waals surface area (Å²) in [6.45, 7) is 3.67. The lowest BCUT2D eigenvalue weighted by atomic mass is 9.99. The molecule has 1 aliphatic heterocycles. The van der Waals surface area contributed by atoms with Crippen LogP contribution in [0.25, 0.3) is 0 Å². The number of nitrogens with one attached hydrogen (secondary N) is 1. The zero-order chi connectivity index (χ0) is 60.7. The average molecular weight is 1180 g/mol. The number of hydrogen-bond donors (Lipinski definition) is 6. The summed E-state index contributed by atoms with van der Waals surface area (Å²) in [5.41, 5.74) is 0. The van der Waals surface area contributed by atoms with Crippen LogP contribution in [0.15, 0.2) is 97.2 Å². The molecule has 0 radical (unpaired) electrons. The second kappa shape index (κ2) is 63.1. The van der Waals surface area contributed by atoms with Crippen LogP contribution in [0.3, 0.4) is 0 Å². The third-order valence-corrected chi connectivity index (χ3v) is 16.4. The molecule has 7 atom stereocenters. The number of ether oxygens (including phenoxy) is 2. The average Bonchev–Trinajstić information content (AvgIpc) is 3.70. The Labute approximate surface area is 517 Å². The number of unbranched alkanes of at least 4 members (excludes halogenated alkanes) is 37. The Morgan fingerprint density at radius 3 is 1.14 bits per heavy atom. The van der Waals surface area contributed by atoms with Gasteiger partial charge in [0, 0.05) is 6.42 Å². The number of rotatable bonds is 61. The van der Waals surface area contributed by atoms with Gasteiger partial charge in [-0.15, -0.1) is 0 Å². The molecule has 0 aromatic heterocycles. The third-order valence-electron chi connectivity index (χ3n) is 16.4. The summed E-state index contributed by atoms with van der Waals surface area (Å²) in [7, 11) is 0. The van der Waals surface area contributed by atoms with Crippen LogP contribution in [-0.2, 0) is 14.3 Å². The van der Waals surface area contributed by atoms with Crippen LogP contribution in [0, 0.1) is 0 Å². The van der Waals surface area contributed by atoms with E-state index in [0.29, 0.717) is 6.42 Å². The van der Waals surface area contributed by atoms with Crippen molar-refractivity contribution in [2.24, 2.45) is 0 Å². The first kappa shape index (κ1) is 79.1. The molecule has 0 saturated carbocycles. The normalized spacial score (nSPS) is 18.8. The van der Waals surface area contributed by atoms with Crippen molar-refractivity contribution in [3.8, 4) is 0 Å². The Balaban J connectivity index is 2.12. The highest BCUT2D eigenvalue weighted by Gasteiger charge is 2.44. The van der Waals surface area contributed by atoms with Crippen molar-refractivity contribution in [3.05, 3.63) is 97.2 Å². The predicted molar refractivity (Wildman–Crippen MR) is 359 cm³/mol. The molecule has 7 unspecified atom stereocenters. The van der Waals surface area contributed by atoms with Crippen LogP contribution >= 0.6 is 0 Å². The zero-order valence-corrected chi connectivity index (χ0v) is 54.4. The Morgan fingerprint density at radius 2 is 0.750 bits per heavy atom. The number of carbonyl (C=O) groups is 1. The highest BCUT2D eigenvalue weighted by Crippen LogP contribution is 2.23. The molecule has 1 rings (SSSR count). The molecule has 84 heavy (non-hydrogen) atoms. The van der Waals surface area contributed by atoms with Gasteiger partial charge in [-0.25, -0.2) is 0 Å². The van der Waals surface area contributed by atoms with Gasteiger partial charge in [0.2, 0.25) is 5.91 Å². The third kappa shape index (κ3) is 51.2. The summed E-state index contributed by atoms with van der Waals surface area (Å²) in [5, 5.41) is 54.7. The lowest BCUT2D eigenvalue weighted by molar-refractivity contribution is -0.302. The van der Waals surface area contributed by atoms with E-state index in [-0.39, 0.29) is 12.5 Å². The van der Waals surface area contributed by atoms with Gasteiger partial charge in [0.25, 0.3) is 0 Å². The molecule has 9 nitrogen and oxygen atoms in total. The molecule has 0 aliphatic carbocycles. The zero-order valence-electron chi connectivity index (χ0n) is 54.4. The number of carbonyl (C=O) groups excluding carboxylic acids is 1. The van der Waals surface area contributed by atoms with Gasteiger partial charge in [0.05, 0.1) is 25.4 Å². The maximum atomic E-state index is 13.1. The molecular weight excluding hydrogens is 1040 g/mol. The van der Waals surface area contributed by atoms with E-state index in [0.717, 1.165) is 77.0 Å². The minimum atomic E-state index is -1.58. The smallest absolute Gasteiger partial charge is 0.220 e. The van der Waals surface area contributed by atoms with Crippen molar-refractivity contribution in [2.45, 2.75) is 358 Å². The fourth-order valence-corrected chi connectivity index (χ4v) is 10.9. The molecule has 1 amide bonds. The fraction of sp³-hybridized carbons (Fsp3) is 0.773. The molecule has 1 saturated heterocycles. The van der Waals surface area contributed by atoms with Gasteiger partial charge in [0.1, 0.15) is 24.4 Å². The van der Waals surface area contributed by atoms with E-state index >= 15 is 0 Å². The molecule has 0 aromatic rings. The minimum Gasteiger partial charge on any atom is -0.394 e. The number of aliphatic hydroxyl groups is 5. The second-order valence-corrected chi connectivity index (χ2v) is 24.3. The van der Waals surface area contributed by atoms with Crippen LogP contribution < -0.4 is 5.32 Å². The predicted octanol–water partition coefficient (Wildman–Crippen LogP) is 19.5. The van der Waals surface area contributed by atoms with E-state index < -0.39 is 49.5 Å². The number of hydrogen-bond acceptors (Lipinski definition) is 8. The molecule has 1 heterocycles. The largest absolute Gasteiger partial charge is 0.394 e. The van der Waals surface area contributed by atoms with Crippen molar-refractivity contribution in [1.82, 2.24) is 5.32 Å². The van der Waals surface area contributed by atoms with E-state index in [2.05, 4.69) is 104 Å². The summed E-state index contributed by atoms with van der Waals surface area (Å²) in [6, 6.07) is -0.833. The first-order valence-corrected chi connectivity index (χ1v) is 35.5. The summed E-state index contributed by atoms with van der Waals surface area (Å²) in [6.07, 6.45) is 85.2. The minimum absolute atomic E-state index is 0.188. The van der Waals surface area contributed by atoms with Crippen LogP contribution in [0.1, 0.15) is 316 Å². The molecular formula is C75H133NO8. The van der Waals surface area contributed by atoms with Crippen molar-refractivity contribution >= 4 is 5.91 Å². The van der Waals surface area contributed by atoms with Crippen LogP contribution in [-0.4, -0.2) is 87.5 Å². The molecule has 6 N–H and O–H groups in total. The summed E-state index contributed by atoms with van der Waals surface area (Å²) >= 11 is 0. The van der Waals surface area contributed by atoms with E-state index in [1.165, 1.54) is 218 Å².